The highest BCUT2D eigenvalue weighted by atomic mass is 32.1. The Balaban J connectivity index is 2.43. The number of carbonyl (C=O) groups excluding carboxylic acids is 1. The molecule has 2 N–H and O–H groups in total. The summed E-state index contributed by atoms with van der Waals surface area (Å²) in [5.41, 5.74) is 1.81. The minimum Gasteiger partial charge on any atom is -0.479 e. The quantitative estimate of drug-likeness (QED) is 0.741. The number of aliphatic carboxylic acids is 1. The molecule has 0 aliphatic carbocycles. The van der Waals surface area contributed by atoms with E-state index in [2.05, 4.69) is 15.0 Å². The van der Waals surface area contributed by atoms with Gasteiger partial charge in [-0.3, -0.25) is 4.79 Å². The van der Waals surface area contributed by atoms with Crippen LogP contribution in [0, 0.1) is 0 Å². The van der Waals surface area contributed by atoms with Gasteiger partial charge < -0.3 is 15.2 Å². The predicted octanol–water partition coefficient (Wildman–Crippen LogP) is -0.0275. The Hall–Kier alpha value is -1.47. The topological polar surface area (TPSA) is 88.5 Å². The van der Waals surface area contributed by atoms with Crippen molar-refractivity contribution in [2.45, 2.75) is 6.10 Å². The lowest BCUT2D eigenvalue weighted by Gasteiger charge is -2.10. The van der Waals surface area contributed by atoms with Crippen LogP contribution in [-0.2, 0) is 9.53 Å². The van der Waals surface area contributed by atoms with Gasteiger partial charge in [-0.05, 0) is 0 Å². The van der Waals surface area contributed by atoms with Gasteiger partial charge in [0.25, 0.3) is 5.91 Å². The first kappa shape index (κ1) is 11.6. The van der Waals surface area contributed by atoms with Crippen LogP contribution in [0.5, 0.6) is 0 Å². The number of aromatic nitrogens is 1. The molecule has 7 heteroatoms. The lowest BCUT2D eigenvalue weighted by atomic mass is 10.3. The molecule has 1 amide bonds. The Kier molecular flexibility index (Phi) is 4.19. The highest BCUT2D eigenvalue weighted by Gasteiger charge is 2.17. The van der Waals surface area contributed by atoms with Gasteiger partial charge in [-0.15, -0.1) is 11.3 Å². The average molecular weight is 230 g/mol. The molecule has 1 unspecified atom stereocenters. The number of nitrogens with zero attached hydrogens (tertiary/aromatic N) is 1. The molecular weight excluding hydrogens is 220 g/mol. The van der Waals surface area contributed by atoms with Crippen LogP contribution in [0.3, 0.4) is 0 Å². The Labute approximate surface area is 89.9 Å². The fourth-order valence-corrected chi connectivity index (χ4v) is 1.40. The van der Waals surface area contributed by atoms with Gasteiger partial charge in [0.1, 0.15) is 5.69 Å². The van der Waals surface area contributed by atoms with E-state index in [1.807, 2.05) is 0 Å². The maximum Gasteiger partial charge on any atom is 0.334 e. The van der Waals surface area contributed by atoms with Crippen LogP contribution in [-0.4, -0.2) is 41.7 Å². The molecule has 0 aromatic carbocycles. The molecule has 0 spiro atoms. The molecule has 0 saturated carbocycles. The van der Waals surface area contributed by atoms with Gasteiger partial charge in [-0.2, -0.15) is 0 Å². The van der Waals surface area contributed by atoms with E-state index in [4.69, 9.17) is 5.11 Å². The lowest BCUT2D eigenvalue weighted by Crippen LogP contribution is -2.37. The summed E-state index contributed by atoms with van der Waals surface area (Å²) >= 11 is 1.29. The minimum atomic E-state index is -1.11. The molecule has 1 atom stereocenters. The van der Waals surface area contributed by atoms with Crippen LogP contribution in [0.2, 0.25) is 0 Å². The average Bonchev–Trinajstić information content (AvgIpc) is 2.70. The number of carboxylic acids is 1. The second-order valence-corrected chi connectivity index (χ2v) is 3.36. The van der Waals surface area contributed by atoms with Crippen molar-refractivity contribution in [1.29, 1.82) is 0 Å². The highest BCUT2D eigenvalue weighted by molar-refractivity contribution is 7.07. The van der Waals surface area contributed by atoms with Crippen molar-refractivity contribution in [3.8, 4) is 0 Å². The number of amides is 1. The summed E-state index contributed by atoms with van der Waals surface area (Å²) in [5, 5.41) is 12.6. The minimum absolute atomic E-state index is 0.0812. The summed E-state index contributed by atoms with van der Waals surface area (Å²) in [6.45, 7) is -0.0812. The smallest absolute Gasteiger partial charge is 0.334 e. The van der Waals surface area contributed by atoms with Crippen molar-refractivity contribution in [1.82, 2.24) is 10.3 Å². The zero-order valence-corrected chi connectivity index (χ0v) is 8.78. The van der Waals surface area contributed by atoms with Gasteiger partial charge in [0.15, 0.2) is 6.10 Å². The number of carbonyl (C=O) groups is 2. The molecule has 6 nitrogen and oxygen atoms in total. The molecule has 0 bridgehead atoms. The van der Waals surface area contributed by atoms with Crippen molar-refractivity contribution in [2.24, 2.45) is 0 Å². The van der Waals surface area contributed by atoms with Crippen molar-refractivity contribution in [3.63, 3.8) is 0 Å². The standard InChI is InChI=1S/C8H10N2O4S/c1-14-6(8(12)13)2-9-7(11)5-3-15-4-10-5/h3-4,6H,2H2,1H3,(H,9,11)(H,12,13). The number of nitrogens with one attached hydrogen (secondary N) is 1. The summed E-state index contributed by atoms with van der Waals surface area (Å²) in [6.07, 6.45) is -1.03. The zero-order valence-electron chi connectivity index (χ0n) is 7.97. The van der Waals surface area contributed by atoms with E-state index in [1.54, 1.807) is 5.38 Å². The molecule has 0 aliphatic rings. The highest BCUT2D eigenvalue weighted by Crippen LogP contribution is 2.00. The molecule has 1 aromatic rings. The molecule has 1 heterocycles. The first-order valence-corrected chi connectivity index (χ1v) is 5.01. The van der Waals surface area contributed by atoms with E-state index in [0.717, 1.165) is 0 Å². The Morgan fingerprint density at radius 2 is 2.47 bits per heavy atom. The van der Waals surface area contributed by atoms with Crippen LogP contribution in [0.25, 0.3) is 0 Å². The van der Waals surface area contributed by atoms with Gasteiger partial charge in [0.05, 0.1) is 12.1 Å². The number of hydrogen-bond donors (Lipinski definition) is 2. The molecule has 1 aromatic heterocycles. The van der Waals surface area contributed by atoms with E-state index >= 15 is 0 Å². The van der Waals surface area contributed by atoms with Crippen molar-refractivity contribution >= 4 is 23.2 Å². The third kappa shape index (κ3) is 3.30. The van der Waals surface area contributed by atoms with E-state index in [0.29, 0.717) is 0 Å². The van der Waals surface area contributed by atoms with E-state index in [9.17, 15) is 9.59 Å². The number of thiazole rings is 1. The maximum absolute atomic E-state index is 11.3. The molecule has 0 fully saturated rings. The molecule has 0 saturated heterocycles. The number of hydrogen-bond acceptors (Lipinski definition) is 5. The summed E-state index contributed by atoms with van der Waals surface area (Å²) in [4.78, 5) is 25.7. The molecule has 15 heavy (non-hydrogen) atoms. The Bertz CT molecular complexity index is 338. The van der Waals surface area contributed by atoms with E-state index in [1.165, 1.54) is 24.0 Å². The number of ether oxygens (including phenoxy) is 1. The summed E-state index contributed by atoms with van der Waals surface area (Å²) in [6, 6.07) is 0. The van der Waals surface area contributed by atoms with Gasteiger partial charge >= 0.3 is 5.97 Å². The fourth-order valence-electron chi connectivity index (χ4n) is 0.872. The second-order valence-electron chi connectivity index (χ2n) is 2.65. The van der Waals surface area contributed by atoms with Gasteiger partial charge in [0.2, 0.25) is 0 Å². The monoisotopic (exact) mass is 230 g/mol. The summed E-state index contributed by atoms with van der Waals surface area (Å²) in [7, 11) is 1.27. The first-order valence-electron chi connectivity index (χ1n) is 4.07. The first-order chi connectivity index (χ1) is 7.15. The molecular formula is C8H10N2O4S. The SMILES string of the molecule is COC(CNC(=O)c1cscn1)C(=O)O. The van der Waals surface area contributed by atoms with Gasteiger partial charge in [-0.1, -0.05) is 0 Å². The van der Waals surface area contributed by atoms with Gasteiger partial charge in [0, 0.05) is 12.5 Å². The van der Waals surface area contributed by atoms with Crippen LogP contribution in [0.4, 0.5) is 0 Å². The molecule has 0 aliphatic heterocycles. The number of carboxylic acid groups (broad SMARTS) is 1. The Morgan fingerprint density at radius 3 is 2.93 bits per heavy atom. The lowest BCUT2D eigenvalue weighted by molar-refractivity contribution is -0.148. The fraction of sp³-hybridized carbons (Fsp3) is 0.375. The largest absolute Gasteiger partial charge is 0.479 e. The summed E-state index contributed by atoms with van der Waals surface area (Å²) in [5.74, 6) is -1.52. The second kappa shape index (κ2) is 5.42. The van der Waals surface area contributed by atoms with Crippen molar-refractivity contribution in [2.75, 3.05) is 13.7 Å². The van der Waals surface area contributed by atoms with Crippen molar-refractivity contribution in [3.05, 3.63) is 16.6 Å². The maximum atomic E-state index is 11.3. The zero-order chi connectivity index (χ0) is 11.3. The Morgan fingerprint density at radius 1 is 1.73 bits per heavy atom. The van der Waals surface area contributed by atoms with Gasteiger partial charge in [-0.25, -0.2) is 9.78 Å². The van der Waals surface area contributed by atoms with Crippen molar-refractivity contribution < 1.29 is 19.4 Å². The third-order valence-corrected chi connectivity index (χ3v) is 2.26. The molecule has 0 radical (unpaired) electrons. The number of rotatable bonds is 5. The normalized spacial score (nSPS) is 12.1. The third-order valence-electron chi connectivity index (χ3n) is 1.67. The molecule has 1 rings (SSSR count). The van der Waals surface area contributed by atoms with E-state index in [-0.39, 0.29) is 12.2 Å². The van der Waals surface area contributed by atoms with Crippen LogP contribution < -0.4 is 5.32 Å². The van der Waals surface area contributed by atoms with Crippen LogP contribution >= 0.6 is 11.3 Å². The number of methoxy groups -OCH3 is 1. The van der Waals surface area contributed by atoms with Crippen LogP contribution in [0.15, 0.2) is 10.9 Å². The summed E-state index contributed by atoms with van der Waals surface area (Å²) < 4.78 is 4.65. The van der Waals surface area contributed by atoms with Crippen LogP contribution in [0.1, 0.15) is 10.5 Å². The predicted molar refractivity (Wildman–Crippen MR) is 52.9 cm³/mol. The molecule has 82 valence electrons. The van der Waals surface area contributed by atoms with E-state index < -0.39 is 18.0 Å².